The van der Waals surface area contributed by atoms with Crippen molar-refractivity contribution < 1.29 is 22.8 Å². The van der Waals surface area contributed by atoms with Crippen LogP contribution in [0.25, 0.3) is 22.2 Å². The van der Waals surface area contributed by atoms with Crippen LogP contribution in [0.1, 0.15) is 43.6 Å². The number of amides is 2. The van der Waals surface area contributed by atoms with Gasteiger partial charge < -0.3 is 4.98 Å². The van der Waals surface area contributed by atoms with Gasteiger partial charge in [0.25, 0.3) is 5.91 Å². The minimum atomic E-state index is -4.55. The third-order valence-electron chi connectivity index (χ3n) is 4.59. The fourth-order valence-electron chi connectivity index (χ4n) is 3.44. The second kappa shape index (κ2) is 7.06. The lowest BCUT2D eigenvalue weighted by molar-refractivity contribution is -0.137. The Labute approximate surface area is 166 Å². The molecule has 0 bridgehead atoms. The van der Waals surface area contributed by atoms with E-state index >= 15 is 0 Å². The van der Waals surface area contributed by atoms with Crippen molar-refractivity contribution in [1.29, 1.82) is 0 Å². The summed E-state index contributed by atoms with van der Waals surface area (Å²) in [6.45, 7) is 6.36. The molecule has 0 saturated carbocycles. The van der Waals surface area contributed by atoms with E-state index in [2.05, 4.69) is 4.98 Å². The number of carbonyl (C=O) groups is 2. The molecule has 0 atom stereocenters. The van der Waals surface area contributed by atoms with E-state index in [1.54, 1.807) is 51.1 Å². The average Bonchev–Trinajstić information content (AvgIpc) is 2.98. The van der Waals surface area contributed by atoms with E-state index in [1.807, 2.05) is 0 Å². The molecule has 7 heteroatoms. The lowest BCUT2D eigenvalue weighted by atomic mass is 9.99. The van der Waals surface area contributed by atoms with Crippen LogP contribution in [0.15, 0.2) is 48.5 Å². The van der Waals surface area contributed by atoms with E-state index in [9.17, 15) is 22.8 Å². The highest BCUT2D eigenvalue weighted by molar-refractivity contribution is 6.16. The van der Waals surface area contributed by atoms with Crippen LogP contribution in [0.2, 0.25) is 0 Å². The second-order valence-corrected chi connectivity index (χ2v) is 7.83. The summed E-state index contributed by atoms with van der Waals surface area (Å²) >= 11 is 0. The van der Waals surface area contributed by atoms with E-state index in [0.717, 1.165) is 17.0 Å². The minimum absolute atomic E-state index is 0.0439. The molecule has 152 valence electrons. The predicted octanol–water partition coefficient (Wildman–Crippen LogP) is 5.64. The third-order valence-corrected chi connectivity index (χ3v) is 4.59. The number of hydrogen-bond donors (Lipinski definition) is 1. The van der Waals surface area contributed by atoms with Gasteiger partial charge in [-0.2, -0.15) is 13.2 Å². The number of halogens is 3. The summed E-state index contributed by atoms with van der Waals surface area (Å²) in [5.41, 5.74) is -0.261. The van der Waals surface area contributed by atoms with Gasteiger partial charge in [0.1, 0.15) is 0 Å². The van der Waals surface area contributed by atoms with E-state index in [4.69, 9.17) is 0 Å². The largest absolute Gasteiger partial charge is 0.416 e. The number of nitrogens with zero attached hydrogens (tertiary/aromatic N) is 1. The SMILES string of the molecule is CC(=O)N(C(=O)c1c(-c2ccccc2)[nH]c2ccc(C(F)(F)F)cc12)C(C)(C)C. The Kier molecular flexibility index (Phi) is 5.03. The molecule has 4 nitrogen and oxygen atoms in total. The maximum Gasteiger partial charge on any atom is 0.416 e. The maximum atomic E-state index is 13.5. The summed E-state index contributed by atoms with van der Waals surface area (Å²) in [6.07, 6.45) is -4.55. The smallest absolute Gasteiger partial charge is 0.354 e. The molecule has 0 fully saturated rings. The quantitative estimate of drug-likeness (QED) is 0.603. The molecule has 3 aromatic rings. The third kappa shape index (κ3) is 3.90. The summed E-state index contributed by atoms with van der Waals surface area (Å²) in [6, 6.07) is 12.1. The van der Waals surface area contributed by atoms with Gasteiger partial charge in [0.05, 0.1) is 16.8 Å². The van der Waals surface area contributed by atoms with Crippen LogP contribution in [0, 0.1) is 0 Å². The van der Waals surface area contributed by atoms with Crippen molar-refractivity contribution in [2.24, 2.45) is 0 Å². The number of benzene rings is 2. The summed E-state index contributed by atoms with van der Waals surface area (Å²) in [5, 5.41) is 0.124. The zero-order valence-electron chi connectivity index (χ0n) is 16.5. The second-order valence-electron chi connectivity index (χ2n) is 7.83. The molecule has 0 saturated heterocycles. The van der Waals surface area contributed by atoms with Gasteiger partial charge in [0, 0.05) is 23.4 Å². The Hall–Kier alpha value is -3.09. The van der Waals surface area contributed by atoms with Gasteiger partial charge >= 0.3 is 6.18 Å². The van der Waals surface area contributed by atoms with E-state index in [1.165, 1.54) is 13.0 Å². The number of hydrogen-bond acceptors (Lipinski definition) is 2. The number of nitrogens with one attached hydrogen (secondary N) is 1. The fourth-order valence-corrected chi connectivity index (χ4v) is 3.44. The average molecular weight is 402 g/mol. The number of imide groups is 1. The number of alkyl halides is 3. The van der Waals surface area contributed by atoms with Gasteiger partial charge in [-0.3, -0.25) is 14.5 Å². The number of aromatic amines is 1. The molecule has 0 aliphatic rings. The zero-order chi connectivity index (χ0) is 21.6. The summed E-state index contributed by atoms with van der Waals surface area (Å²) in [7, 11) is 0. The first-order valence-corrected chi connectivity index (χ1v) is 9.04. The van der Waals surface area contributed by atoms with Crippen LogP contribution in [0.5, 0.6) is 0 Å². The van der Waals surface area contributed by atoms with Crippen LogP contribution in [-0.2, 0) is 11.0 Å². The molecule has 1 aromatic heterocycles. The number of carbonyl (C=O) groups excluding carboxylic acids is 2. The van der Waals surface area contributed by atoms with Crippen molar-refractivity contribution in [3.8, 4) is 11.3 Å². The summed E-state index contributed by atoms with van der Waals surface area (Å²) in [4.78, 5) is 29.9. The molecule has 0 radical (unpaired) electrons. The highest BCUT2D eigenvalue weighted by Crippen LogP contribution is 2.37. The van der Waals surface area contributed by atoms with Gasteiger partial charge in [-0.15, -0.1) is 0 Å². The van der Waals surface area contributed by atoms with Crippen molar-refractivity contribution in [3.63, 3.8) is 0 Å². The maximum absolute atomic E-state index is 13.5. The molecular weight excluding hydrogens is 381 g/mol. The van der Waals surface area contributed by atoms with Gasteiger partial charge in [0.2, 0.25) is 5.91 Å². The first-order chi connectivity index (χ1) is 13.4. The molecule has 0 unspecified atom stereocenters. The highest BCUT2D eigenvalue weighted by Gasteiger charge is 2.36. The number of fused-ring (bicyclic) bond motifs is 1. The van der Waals surface area contributed by atoms with Crippen LogP contribution < -0.4 is 0 Å². The Bertz CT molecular complexity index is 1080. The molecule has 29 heavy (non-hydrogen) atoms. The van der Waals surface area contributed by atoms with Crippen molar-refractivity contribution in [1.82, 2.24) is 9.88 Å². The normalized spacial score (nSPS) is 12.2. The van der Waals surface area contributed by atoms with E-state index < -0.39 is 29.1 Å². The van der Waals surface area contributed by atoms with Crippen molar-refractivity contribution in [2.75, 3.05) is 0 Å². The minimum Gasteiger partial charge on any atom is -0.354 e. The van der Waals surface area contributed by atoms with Gasteiger partial charge in [-0.25, -0.2) is 0 Å². The first-order valence-electron chi connectivity index (χ1n) is 9.04. The summed E-state index contributed by atoms with van der Waals surface area (Å²) in [5.74, 6) is -1.13. The van der Waals surface area contributed by atoms with Crippen LogP contribution in [-0.4, -0.2) is 27.2 Å². The Balaban J connectivity index is 2.34. The zero-order valence-corrected chi connectivity index (χ0v) is 16.5. The van der Waals surface area contributed by atoms with E-state index in [0.29, 0.717) is 16.8 Å². The number of rotatable bonds is 2. The van der Waals surface area contributed by atoms with Crippen LogP contribution in [0.4, 0.5) is 13.2 Å². The number of aromatic nitrogens is 1. The molecule has 3 rings (SSSR count). The molecule has 0 spiro atoms. The Morgan fingerprint density at radius 3 is 2.10 bits per heavy atom. The van der Waals surface area contributed by atoms with Gasteiger partial charge in [0.15, 0.2) is 0 Å². The molecule has 0 aliphatic heterocycles. The van der Waals surface area contributed by atoms with Crippen molar-refractivity contribution in [2.45, 2.75) is 39.4 Å². The fraction of sp³-hybridized carbons (Fsp3) is 0.273. The lowest BCUT2D eigenvalue weighted by Gasteiger charge is -2.33. The van der Waals surface area contributed by atoms with Gasteiger partial charge in [-0.1, -0.05) is 30.3 Å². The number of H-pyrrole nitrogens is 1. The lowest BCUT2D eigenvalue weighted by Crippen LogP contribution is -2.48. The molecular formula is C22H21F3N2O2. The Morgan fingerprint density at radius 2 is 1.59 bits per heavy atom. The predicted molar refractivity (Wildman–Crippen MR) is 105 cm³/mol. The molecule has 0 aliphatic carbocycles. The molecule has 1 heterocycles. The van der Waals surface area contributed by atoms with Crippen molar-refractivity contribution >= 4 is 22.7 Å². The monoisotopic (exact) mass is 402 g/mol. The van der Waals surface area contributed by atoms with Crippen LogP contribution >= 0.6 is 0 Å². The molecule has 2 amide bonds. The van der Waals surface area contributed by atoms with E-state index in [-0.39, 0.29) is 10.9 Å². The van der Waals surface area contributed by atoms with Crippen molar-refractivity contribution in [3.05, 3.63) is 59.7 Å². The van der Waals surface area contributed by atoms with Gasteiger partial charge in [-0.05, 0) is 44.5 Å². The molecule has 1 N–H and O–H groups in total. The highest BCUT2D eigenvalue weighted by atomic mass is 19.4. The topological polar surface area (TPSA) is 53.2 Å². The van der Waals surface area contributed by atoms with Crippen LogP contribution in [0.3, 0.4) is 0 Å². The molecule has 2 aromatic carbocycles. The first kappa shape index (κ1) is 20.6. The Morgan fingerprint density at radius 1 is 0.966 bits per heavy atom. The standard InChI is InChI=1S/C22H21F3N2O2/c1-13(28)27(21(2,3)4)20(29)18-16-12-15(22(23,24)25)10-11-17(16)26-19(18)14-8-6-5-7-9-14/h5-12,26H,1-4H3. The summed E-state index contributed by atoms with van der Waals surface area (Å²) < 4.78 is 39.9.